The van der Waals surface area contributed by atoms with E-state index in [9.17, 15) is 14.4 Å². The summed E-state index contributed by atoms with van der Waals surface area (Å²) in [6.45, 7) is 1.82. The summed E-state index contributed by atoms with van der Waals surface area (Å²) in [7, 11) is 0. The third kappa shape index (κ3) is 2.54. The number of amides is 1. The number of fused-ring (bicyclic) bond motifs is 1. The molecule has 1 saturated carbocycles. The summed E-state index contributed by atoms with van der Waals surface area (Å²) in [5, 5.41) is 11.6. The number of aliphatic carboxylic acids is 1. The number of carboxylic acids is 1. The van der Waals surface area contributed by atoms with Gasteiger partial charge in [-0.1, -0.05) is 6.07 Å². The van der Waals surface area contributed by atoms with Crippen LogP contribution < -0.4 is 11.0 Å². The average Bonchev–Trinajstić information content (AvgIpc) is 3.14. The Balaban J connectivity index is 1.72. The third-order valence-corrected chi connectivity index (χ3v) is 3.84. The minimum atomic E-state index is -0.922. The lowest BCUT2D eigenvalue weighted by Crippen LogP contribution is -2.29. The molecular weight excluding hydrogens is 274 g/mol. The number of nitrogens with one attached hydrogen (secondary N) is 3. The van der Waals surface area contributed by atoms with E-state index in [1.54, 1.807) is 12.1 Å². The lowest BCUT2D eigenvalue weighted by molar-refractivity contribution is -0.140. The van der Waals surface area contributed by atoms with Gasteiger partial charge in [-0.25, -0.2) is 4.79 Å². The molecule has 1 heterocycles. The molecule has 7 nitrogen and oxygen atoms in total. The number of hydrogen-bond donors (Lipinski definition) is 4. The van der Waals surface area contributed by atoms with Crippen molar-refractivity contribution in [1.82, 2.24) is 15.3 Å². The zero-order valence-corrected chi connectivity index (χ0v) is 11.3. The van der Waals surface area contributed by atoms with Gasteiger partial charge in [0.05, 0.1) is 28.9 Å². The molecule has 110 valence electrons. The van der Waals surface area contributed by atoms with Gasteiger partial charge in [0.25, 0.3) is 0 Å². The summed E-state index contributed by atoms with van der Waals surface area (Å²) < 4.78 is 0. The van der Waals surface area contributed by atoms with E-state index in [1.807, 2.05) is 13.0 Å². The van der Waals surface area contributed by atoms with Gasteiger partial charge in [-0.15, -0.1) is 0 Å². The molecule has 1 aromatic carbocycles. The largest absolute Gasteiger partial charge is 0.481 e. The van der Waals surface area contributed by atoms with Crippen LogP contribution in [0.2, 0.25) is 0 Å². The number of carbonyl (C=O) groups is 2. The third-order valence-electron chi connectivity index (χ3n) is 3.84. The predicted molar refractivity (Wildman–Crippen MR) is 74.7 cm³/mol. The lowest BCUT2D eigenvalue weighted by Gasteiger charge is -2.14. The Morgan fingerprint density at radius 3 is 2.67 bits per heavy atom. The molecule has 0 radical (unpaired) electrons. The van der Waals surface area contributed by atoms with Gasteiger partial charge < -0.3 is 20.4 Å². The van der Waals surface area contributed by atoms with Gasteiger partial charge in [0.15, 0.2) is 0 Å². The molecule has 1 aliphatic rings. The van der Waals surface area contributed by atoms with Crippen LogP contribution in [-0.2, 0) is 9.59 Å². The number of hydrogen-bond acceptors (Lipinski definition) is 3. The first-order chi connectivity index (χ1) is 9.95. The van der Waals surface area contributed by atoms with Crippen LogP contribution in [0.3, 0.4) is 0 Å². The van der Waals surface area contributed by atoms with Gasteiger partial charge in [-0.05, 0) is 31.0 Å². The van der Waals surface area contributed by atoms with Crippen LogP contribution in [0.1, 0.15) is 24.9 Å². The van der Waals surface area contributed by atoms with Crippen molar-refractivity contribution in [3.05, 3.63) is 34.2 Å². The normalized spacial score (nSPS) is 22.0. The summed E-state index contributed by atoms with van der Waals surface area (Å²) in [6, 6.07) is 5.12. The summed E-state index contributed by atoms with van der Waals surface area (Å²) in [4.78, 5) is 39.2. The van der Waals surface area contributed by atoms with Gasteiger partial charge in [-0.3, -0.25) is 9.59 Å². The SMILES string of the molecule is CC(NC(=O)[C@@H]1C[C@@H]1C(=O)O)c1ccc2[nH]c(=O)[nH]c2c1. The monoisotopic (exact) mass is 289 g/mol. The molecule has 3 atom stereocenters. The quantitative estimate of drug-likeness (QED) is 0.665. The lowest BCUT2D eigenvalue weighted by atomic mass is 10.1. The van der Waals surface area contributed by atoms with Crippen molar-refractivity contribution >= 4 is 22.9 Å². The molecule has 1 aromatic heterocycles. The second-order valence-electron chi connectivity index (χ2n) is 5.40. The standard InChI is InChI=1S/C14H15N3O4/c1-6(15-12(18)8-5-9(8)13(19)20)7-2-3-10-11(4-7)17-14(21)16-10/h2-4,6,8-9H,5H2,1H3,(H,15,18)(H,19,20)(H2,16,17,21)/t6?,8-,9+/m1/s1. The topological polar surface area (TPSA) is 115 Å². The van der Waals surface area contributed by atoms with Crippen LogP contribution in [-0.4, -0.2) is 27.0 Å². The zero-order valence-electron chi connectivity index (χ0n) is 11.3. The van der Waals surface area contributed by atoms with Crippen molar-refractivity contribution in [2.45, 2.75) is 19.4 Å². The van der Waals surface area contributed by atoms with Crippen molar-refractivity contribution in [1.29, 1.82) is 0 Å². The van der Waals surface area contributed by atoms with Crippen LogP contribution in [0.25, 0.3) is 11.0 Å². The van der Waals surface area contributed by atoms with E-state index < -0.39 is 17.8 Å². The van der Waals surface area contributed by atoms with Crippen LogP contribution in [0.15, 0.2) is 23.0 Å². The Kier molecular flexibility index (Phi) is 3.04. The highest BCUT2D eigenvalue weighted by atomic mass is 16.4. The summed E-state index contributed by atoms with van der Waals surface area (Å²) in [6.07, 6.45) is 0.401. The van der Waals surface area contributed by atoms with Crippen molar-refractivity contribution in [2.24, 2.45) is 11.8 Å². The van der Waals surface area contributed by atoms with Crippen molar-refractivity contribution < 1.29 is 14.7 Å². The van der Waals surface area contributed by atoms with E-state index in [1.165, 1.54) is 0 Å². The van der Waals surface area contributed by atoms with Crippen molar-refractivity contribution in [3.8, 4) is 0 Å². The molecule has 0 saturated heterocycles. The summed E-state index contributed by atoms with van der Waals surface area (Å²) in [5.74, 6) is -2.15. The fourth-order valence-electron chi connectivity index (χ4n) is 2.48. The maximum atomic E-state index is 11.9. The number of imidazole rings is 1. The first-order valence-corrected chi connectivity index (χ1v) is 6.71. The van der Waals surface area contributed by atoms with Crippen LogP contribution >= 0.6 is 0 Å². The molecule has 2 aromatic rings. The molecule has 1 unspecified atom stereocenters. The van der Waals surface area contributed by atoms with E-state index in [0.717, 1.165) is 5.56 Å². The first kappa shape index (κ1) is 13.4. The Labute approximate surface area is 119 Å². The predicted octanol–water partition coefficient (Wildman–Crippen LogP) is 0.754. The van der Waals surface area contributed by atoms with Gasteiger partial charge in [0, 0.05) is 0 Å². The highest BCUT2D eigenvalue weighted by molar-refractivity contribution is 5.89. The maximum absolute atomic E-state index is 11.9. The minimum absolute atomic E-state index is 0.238. The van der Waals surface area contributed by atoms with E-state index in [0.29, 0.717) is 17.5 Å². The Morgan fingerprint density at radius 1 is 1.29 bits per heavy atom. The average molecular weight is 289 g/mol. The highest BCUT2D eigenvalue weighted by Gasteiger charge is 2.48. The molecule has 1 fully saturated rings. The molecule has 4 N–H and O–H groups in total. The number of rotatable bonds is 4. The minimum Gasteiger partial charge on any atom is -0.481 e. The fourth-order valence-corrected chi connectivity index (χ4v) is 2.48. The molecular formula is C14H15N3O4. The molecule has 1 aliphatic carbocycles. The number of aromatic amines is 2. The van der Waals surface area contributed by atoms with Crippen molar-refractivity contribution in [2.75, 3.05) is 0 Å². The number of aromatic nitrogens is 2. The molecule has 3 rings (SSSR count). The molecule has 1 amide bonds. The Bertz CT molecular complexity index is 776. The van der Waals surface area contributed by atoms with Crippen LogP contribution in [0.4, 0.5) is 0 Å². The smallest absolute Gasteiger partial charge is 0.323 e. The zero-order chi connectivity index (χ0) is 15.1. The van der Waals surface area contributed by atoms with Gasteiger partial charge in [-0.2, -0.15) is 0 Å². The Hall–Kier alpha value is -2.57. The number of carbonyl (C=O) groups excluding carboxylic acids is 1. The first-order valence-electron chi connectivity index (χ1n) is 6.71. The van der Waals surface area contributed by atoms with Crippen LogP contribution in [0.5, 0.6) is 0 Å². The number of H-pyrrole nitrogens is 2. The Morgan fingerprint density at radius 2 is 2.00 bits per heavy atom. The molecule has 21 heavy (non-hydrogen) atoms. The molecule has 0 aliphatic heterocycles. The van der Waals surface area contributed by atoms with Crippen molar-refractivity contribution in [3.63, 3.8) is 0 Å². The van der Waals surface area contributed by atoms with Crippen LogP contribution in [0, 0.1) is 11.8 Å². The molecule has 0 bridgehead atoms. The van der Waals surface area contributed by atoms with E-state index in [4.69, 9.17) is 5.11 Å². The van der Waals surface area contributed by atoms with E-state index >= 15 is 0 Å². The van der Waals surface area contributed by atoms with E-state index in [2.05, 4.69) is 15.3 Å². The fraction of sp³-hybridized carbons (Fsp3) is 0.357. The molecule has 0 spiro atoms. The van der Waals surface area contributed by atoms with E-state index in [-0.39, 0.29) is 17.6 Å². The number of benzene rings is 1. The number of carboxylic acid groups (broad SMARTS) is 1. The second kappa shape index (κ2) is 4.76. The van der Waals surface area contributed by atoms with Gasteiger partial charge in [0.1, 0.15) is 0 Å². The van der Waals surface area contributed by atoms with Gasteiger partial charge >= 0.3 is 11.7 Å². The van der Waals surface area contributed by atoms with Gasteiger partial charge in [0.2, 0.25) is 5.91 Å². The summed E-state index contributed by atoms with van der Waals surface area (Å²) >= 11 is 0. The highest BCUT2D eigenvalue weighted by Crippen LogP contribution is 2.39. The second-order valence-corrected chi connectivity index (χ2v) is 5.40. The maximum Gasteiger partial charge on any atom is 0.323 e. The molecule has 7 heteroatoms. The summed E-state index contributed by atoms with van der Waals surface area (Å²) in [5.41, 5.74) is 1.95.